The van der Waals surface area contributed by atoms with Gasteiger partial charge in [-0.15, -0.1) is 0 Å². The maximum absolute atomic E-state index is 12.6. The van der Waals surface area contributed by atoms with Gasteiger partial charge in [-0.25, -0.2) is 8.42 Å². The molecule has 6 nitrogen and oxygen atoms in total. The predicted octanol–water partition coefficient (Wildman–Crippen LogP) is 0.322. The topological polar surface area (TPSA) is 94.9 Å². The SMILES string of the molecule is O=C(c1ccc(Cl)cc1)N(C[C@H](O)CO)[C@H]1CCS(=O)(=O)C1. The Hall–Kier alpha value is -1.15. The lowest BCUT2D eigenvalue weighted by atomic mass is 10.1. The highest BCUT2D eigenvalue weighted by atomic mass is 35.5. The van der Waals surface area contributed by atoms with Crippen LogP contribution in [0.5, 0.6) is 0 Å². The van der Waals surface area contributed by atoms with Gasteiger partial charge in [-0.1, -0.05) is 11.6 Å². The molecule has 0 unspecified atom stereocenters. The molecule has 1 aromatic rings. The van der Waals surface area contributed by atoms with E-state index in [2.05, 4.69) is 0 Å². The third kappa shape index (κ3) is 4.19. The van der Waals surface area contributed by atoms with Crippen LogP contribution in [0.25, 0.3) is 0 Å². The number of sulfone groups is 1. The first kappa shape index (κ1) is 17.2. The first-order valence-corrected chi connectivity index (χ1v) is 9.08. The summed E-state index contributed by atoms with van der Waals surface area (Å²) in [5.74, 6) is -0.479. The Kier molecular flexibility index (Phi) is 5.44. The number of hydrogen-bond donors (Lipinski definition) is 2. The van der Waals surface area contributed by atoms with Crippen molar-refractivity contribution in [3.63, 3.8) is 0 Å². The summed E-state index contributed by atoms with van der Waals surface area (Å²) in [4.78, 5) is 13.9. The van der Waals surface area contributed by atoms with Gasteiger partial charge in [0.1, 0.15) is 0 Å². The van der Waals surface area contributed by atoms with Crippen molar-refractivity contribution >= 4 is 27.3 Å². The van der Waals surface area contributed by atoms with Gasteiger partial charge in [0.25, 0.3) is 5.91 Å². The van der Waals surface area contributed by atoms with Crippen LogP contribution in [-0.2, 0) is 9.84 Å². The maximum Gasteiger partial charge on any atom is 0.254 e. The van der Waals surface area contributed by atoms with Crippen LogP contribution in [0.2, 0.25) is 5.02 Å². The van der Waals surface area contributed by atoms with E-state index in [1.807, 2.05) is 0 Å². The second kappa shape index (κ2) is 6.95. The Bertz CT molecular complexity index is 631. The van der Waals surface area contributed by atoms with Crippen molar-refractivity contribution in [1.29, 1.82) is 0 Å². The number of carbonyl (C=O) groups is 1. The molecule has 1 saturated heterocycles. The minimum atomic E-state index is -3.16. The van der Waals surface area contributed by atoms with E-state index >= 15 is 0 Å². The van der Waals surface area contributed by atoms with E-state index in [4.69, 9.17) is 16.7 Å². The molecule has 0 aliphatic carbocycles. The van der Waals surface area contributed by atoms with E-state index in [0.29, 0.717) is 17.0 Å². The molecule has 0 bridgehead atoms. The molecule has 1 aliphatic rings. The Morgan fingerprint density at radius 1 is 1.36 bits per heavy atom. The quantitative estimate of drug-likeness (QED) is 0.800. The summed E-state index contributed by atoms with van der Waals surface area (Å²) in [7, 11) is -3.16. The fourth-order valence-electron chi connectivity index (χ4n) is 2.46. The number of hydrogen-bond acceptors (Lipinski definition) is 5. The van der Waals surface area contributed by atoms with Crippen LogP contribution in [0.4, 0.5) is 0 Å². The van der Waals surface area contributed by atoms with E-state index in [-0.39, 0.29) is 24.0 Å². The number of rotatable bonds is 5. The molecule has 1 aromatic carbocycles. The summed E-state index contributed by atoms with van der Waals surface area (Å²) in [6, 6.07) is 5.75. The van der Waals surface area contributed by atoms with Crippen molar-refractivity contribution in [1.82, 2.24) is 4.90 Å². The molecule has 122 valence electrons. The van der Waals surface area contributed by atoms with Crippen LogP contribution >= 0.6 is 11.6 Å². The van der Waals surface area contributed by atoms with Gasteiger partial charge in [0.2, 0.25) is 0 Å². The van der Waals surface area contributed by atoms with E-state index in [0.717, 1.165) is 0 Å². The average molecular weight is 348 g/mol. The molecule has 2 atom stereocenters. The molecule has 1 amide bonds. The highest BCUT2D eigenvalue weighted by Crippen LogP contribution is 2.21. The normalized spacial score (nSPS) is 21.5. The number of amides is 1. The summed E-state index contributed by atoms with van der Waals surface area (Å²) in [5.41, 5.74) is 0.360. The largest absolute Gasteiger partial charge is 0.394 e. The summed E-state index contributed by atoms with van der Waals surface area (Å²) >= 11 is 5.79. The Morgan fingerprint density at radius 2 is 2.00 bits per heavy atom. The lowest BCUT2D eigenvalue weighted by Crippen LogP contribution is -2.46. The van der Waals surface area contributed by atoms with E-state index < -0.39 is 28.6 Å². The van der Waals surface area contributed by atoms with Crippen LogP contribution in [0.3, 0.4) is 0 Å². The molecule has 0 radical (unpaired) electrons. The van der Waals surface area contributed by atoms with Crippen LogP contribution in [-0.4, -0.2) is 66.2 Å². The van der Waals surface area contributed by atoms with Crippen LogP contribution in [0.15, 0.2) is 24.3 Å². The van der Waals surface area contributed by atoms with Crippen LogP contribution < -0.4 is 0 Å². The third-order valence-corrected chi connectivity index (χ3v) is 5.62. The van der Waals surface area contributed by atoms with Gasteiger partial charge < -0.3 is 15.1 Å². The molecule has 1 fully saturated rings. The van der Waals surface area contributed by atoms with Gasteiger partial charge in [0.05, 0.1) is 24.2 Å². The van der Waals surface area contributed by atoms with Gasteiger partial charge in [-0.3, -0.25) is 4.79 Å². The molecule has 8 heteroatoms. The Balaban J connectivity index is 2.23. The molecule has 0 spiro atoms. The van der Waals surface area contributed by atoms with Crippen molar-refractivity contribution in [2.24, 2.45) is 0 Å². The highest BCUT2D eigenvalue weighted by molar-refractivity contribution is 7.91. The van der Waals surface area contributed by atoms with Gasteiger partial charge >= 0.3 is 0 Å². The molecule has 0 aromatic heterocycles. The van der Waals surface area contributed by atoms with Gasteiger partial charge in [-0.05, 0) is 30.7 Å². The Labute approximate surface area is 134 Å². The summed E-state index contributed by atoms with van der Waals surface area (Å²) in [6.45, 7) is -0.609. The summed E-state index contributed by atoms with van der Waals surface area (Å²) < 4.78 is 23.3. The molecule has 1 aliphatic heterocycles. The lowest BCUT2D eigenvalue weighted by molar-refractivity contribution is 0.0375. The molecule has 2 rings (SSSR count). The fourth-order valence-corrected chi connectivity index (χ4v) is 4.32. The Morgan fingerprint density at radius 3 is 2.50 bits per heavy atom. The second-order valence-corrected chi connectivity index (χ2v) is 8.02. The van der Waals surface area contributed by atoms with Crippen molar-refractivity contribution < 1.29 is 23.4 Å². The minimum absolute atomic E-state index is 0.0251. The highest BCUT2D eigenvalue weighted by Gasteiger charge is 2.35. The second-order valence-electron chi connectivity index (χ2n) is 5.36. The van der Waals surface area contributed by atoms with E-state index in [1.165, 1.54) is 4.90 Å². The summed E-state index contributed by atoms with van der Waals surface area (Å²) in [5, 5.41) is 19.1. The zero-order valence-corrected chi connectivity index (χ0v) is 13.4. The molecule has 0 saturated carbocycles. The molecule has 22 heavy (non-hydrogen) atoms. The molecule has 1 heterocycles. The number of nitrogens with zero attached hydrogens (tertiary/aromatic N) is 1. The maximum atomic E-state index is 12.6. The van der Waals surface area contributed by atoms with Gasteiger partial charge in [-0.2, -0.15) is 0 Å². The van der Waals surface area contributed by atoms with Gasteiger partial charge in [0, 0.05) is 23.2 Å². The van der Waals surface area contributed by atoms with E-state index in [9.17, 15) is 18.3 Å². The standard InChI is InChI=1S/C14H18ClNO5S/c15-11-3-1-10(2-4-11)14(19)16(7-13(18)8-17)12-5-6-22(20,21)9-12/h1-4,12-13,17-18H,5-9H2/t12-,13-/m0/s1. The minimum Gasteiger partial charge on any atom is -0.394 e. The smallest absolute Gasteiger partial charge is 0.254 e. The molecular weight excluding hydrogens is 330 g/mol. The third-order valence-electron chi connectivity index (χ3n) is 3.62. The number of aliphatic hydroxyl groups excluding tert-OH is 2. The van der Waals surface area contributed by atoms with Crippen molar-refractivity contribution in [3.8, 4) is 0 Å². The van der Waals surface area contributed by atoms with Crippen molar-refractivity contribution in [3.05, 3.63) is 34.9 Å². The monoisotopic (exact) mass is 347 g/mol. The fraction of sp³-hybridized carbons (Fsp3) is 0.500. The number of aliphatic hydroxyl groups is 2. The number of halogens is 1. The lowest BCUT2D eigenvalue weighted by Gasteiger charge is -2.30. The first-order valence-electron chi connectivity index (χ1n) is 6.88. The predicted molar refractivity (Wildman–Crippen MR) is 82.6 cm³/mol. The zero-order valence-electron chi connectivity index (χ0n) is 11.9. The molecular formula is C14H18ClNO5S. The number of benzene rings is 1. The zero-order chi connectivity index (χ0) is 16.3. The van der Waals surface area contributed by atoms with Crippen LogP contribution in [0.1, 0.15) is 16.8 Å². The van der Waals surface area contributed by atoms with Crippen LogP contribution in [0, 0.1) is 0 Å². The van der Waals surface area contributed by atoms with E-state index in [1.54, 1.807) is 24.3 Å². The summed E-state index contributed by atoms with van der Waals surface area (Å²) in [6.07, 6.45) is -0.778. The first-order chi connectivity index (χ1) is 10.3. The molecule has 2 N–H and O–H groups in total. The number of carbonyl (C=O) groups excluding carboxylic acids is 1. The van der Waals surface area contributed by atoms with Gasteiger partial charge in [0.15, 0.2) is 9.84 Å². The van der Waals surface area contributed by atoms with Crippen molar-refractivity contribution in [2.45, 2.75) is 18.6 Å². The average Bonchev–Trinajstić information content (AvgIpc) is 2.84. The van der Waals surface area contributed by atoms with Crippen molar-refractivity contribution in [2.75, 3.05) is 24.7 Å².